The molecule has 0 bridgehead atoms. The maximum absolute atomic E-state index is 11.0. The van der Waals surface area contributed by atoms with E-state index in [0.29, 0.717) is 0 Å². The molecule has 78 valence electrons. The highest BCUT2D eigenvalue weighted by atomic mass is 32.2. The molecule has 0 radical (unpaired) electrons. The molecule has 0 aliphatic heterocycles. The Kier molecular flexibility index (Phi) is 2.09. The molecule has 0 unspecified atom stereocenters. The normalized spacial score (nSPS) is 11.8. The minimum Gasteiger partial charge on any atom is -0.423 e. The minimum absolute atomic E-state index is 0.123. The summed E-state index contributed by atoms with van der Waals surface area (Å²) in [4.78, 5) is 10.6. The predicted molar refractivity (Wildman–Crippen MR) is 52.3 cm³/mol. The predicted octanol–water partition coefficient (Wildman–Crippen LogP) is 1.04. The number of hydrogen-bond donors (Lipinski definition) is 1. The van der Waals surface area contributed by atoms with Crippen molar-refractivity contribution in [2.75, 3.05) is 0 Å². The van der Waals surface area contributed by atoms with E-state index in [0.717, 1.165) is 6.07 Å². The first-order chi connectivity index (χ1) is 6.98. The summed E-state index contributed by atoms with van der Waals surface area (Å²) in [6.45, 7) is 0. The summed E-state index contributed by atoms with van der Waals surface area (Å²) in [6.07, 6.45) is 0. The standard InChI is InChI=1S/C9H6O5S/c10-9-5-4-6-7(14-9)2-1-3-8(6)15(11,12)13/h1-5H,(H,11,12,13). The molecular formula is C9H6O5S. The van der Waals surface area contributed by atoms with Gasteiger partial charge >= 0.3 is 5.63 Å². The van der Waals surface area contributed by atoms with Crippen LogP contribution in [0.25, 0.3) is 11.0 Å². The zero-order chi connectivity index (χ0) is 11.1. The molecule has 1 aromatic heterocycles. The van der Waals surface area contributed by atoms with Gasteiger partial charge in [-0.3, -0.25) is 4.55 Å². The van der Waals surface area contributed by atoms with Crippen LogP contribution in [-0.2, 0) is 10.1 Å². The van der Waals surface area contributed by atoms with Crippen LogP contribution in [0.3, 0.4) is 0 Å². The third-order valence-corrected chi connectivity index (χ3v) is 2.81. The Morgan fingerprint density at radius 2 is 1.87 bits per heavy atom. The molecular weight excluding hydrogens is 220 g/mol. The van der Waals surface area contributed by atoms with Gasteiger partial charge in [-0.15, -0.1) is 0 Å². The van der Waals surface area contributed by atoms with Gasteiger partial charge in [0.25, 0.3) is 10.1 Å². The van der Waals surface area contributed by atoms with Crippen LogP contribution in [0.1, 0.15) is 0 Å². The van der Waals surface area contributed by atoms with Gasteiger partial charge in [-0.25, -0.2) is 4.79 Å². The van der Waals surface area contributed by atoms with Crippen molar-refractivity contribution in [1.29, 1.82) is 0 Å². The van der Waals surface area contributed by atoms with Gasteiger partial charge in [0.1, 0.15) is 10.5 Å². The number of fused-ring (bicyclic) bond motifs is 1. The molecule has 15 heavy (non-hydrogen) atoms. The van der Waals surface area contributed by atoms with Crippen LogP contribution in [0.15, 0.2) is 44.4 Å². The lowest BCUT2D eigenvalue weighted by atomic mass is 10.2. The number of rotatable bonds is 1. The van der Waals surface area contributed by atoms with Crippen molar-refractivity contribution in [2.24, 2.45) is 0 Å². The maximum atomic E-state index is 11.0. The molecule has 0 aliphatic rings. The van der Waals surface area contributed by atoms with Crippen molar-refractivity contribution in [2.45, 2.75) is 4.90 Å². The monoisotopic (exact) mass is 226 g/mol. The molecule has 1 N–H and O–H groups in total. The molecule has 0 atom stereocenters. The second kappa shape index (κ2) is 3.18. The van der Waals surface area contributed by atoms with Crippen LogP contribution in [-0.4, -0.2) is 13.0 Å². The first-order valence-corrected chi connectivity index (χ1v) is 5.43. The Balaban J connectivity index is 2.95. The lowest BCUT2D eigenvalue weighted by molar-refractivity contribution is 0.483. The van der Waals surface area contributed by atoms with Gasteiger partial charge in [0.2, 0.25) is 0 Å². The molecule has 0 saturated carbocycles. The van der Waals surface area contributed by atoms with Gasteiger partial charge in [0, 0.05) is 11.5 Å². The molecule has 2 aromatic rings. The summed E-state index contributed by atoms with van der Waals surface area (Å²) >= 11 is 0. The minimum atomic E-state index is -4.30. The van der Waals surface area contributed by atoms with Gasteiger partial charge in [-0.2, -0.15) is 8.42 Å². The van der Waals surface area contributed by atoms with E-state index in [1.807, 2.05) is 0 Å². The largest absolute Gasteiger partial charge is 0.423 e. The lowest BCUT2D eigenvalue weighted by Crippen LogP contribution is -2.01. The van der Waals surface area contributed by atoms with Crippen LogP contribution in [0.2, 0.25) is 0 Å². The highest BCUT2D eigenvalue weighted by Gasteiger charge is 2.14. The summed E-state index contributed by atoms with van der Waals surface area (Å²) < 4.78 is 35.6. The van der Waals surface area contributed by atoms with Crippen molar-refractivity contribution in [3.63, 3.8) is 0 Å². The first-order valence-electron chi connectivity index (χ1n) is 3.99. The average Bonchev–Trinajstić information content (AvgIpc) is 2.15. The summed E-state index contributed by atoms with van der Waals surface area (Å²) in [6, 6.07) is 6.46. The third-order valence-electron chi connectivity index (χ3n) is 1.90. The molecule has 0 saturated heterocycles. The Hall–Kier alpha value is -1.66. The fraction of sp³-hybridized carbons (Fsp3) is 0. The number of hydrogen-bond acceptors (Lipinski definition) is 4. The van der Waals surface area contributed by atoms with E-state index in [2.05, 4.69) is 0 Å². The fourth-order valence-corrected chi connectivity index (χ4v) is 1.99. The lowest BCUT2D eigenvalue weighted by Gasteiger charge is -2.00. The van der Waals surface area contributed by atoms with Gasteiger partial charge in [-0.05, 0) is 18.2 Å². The Labute approximate surface area is 84.7 Å². The van der Waals surface area contributed by atoms with Crippen molar-refractivity contribution >= 4 is 21.1 Å². The van der Waals surface area contributed by atoms with Gasteiger partial charge in [0.15, 0.2) is 0 Å². The van der Waals surface area contributed by atoms with Crippen molar-refractivity contribution in [3.8, 4) is 0 Å². The van der Waals surface area contributed by atoms with E-state index in [1.165, 1.54) is 24.3 Å². The molecule has 1 heterocycles. The molecule has 2 rings (SSSR count). The van der Waals surface area contributed by atoms with E-state index < -0.39 is 15.7 Å². The van der Waals surface area contributed by atoms with E-state index >= 15 is 0 Å². The van der Waals surface area contributed by atoms with Gasteiger partial charge in [0.05, 0.1) is 0 Å². The SMILES string of the molecule is O=c1ccc2c(S(=O)(=O)O)cccc2o1. The molecule has 0 fully saturated rings. The maximum Gasteiger partial charge on any atom is 0.336 e. The van der Waals surface area contributed by atoms with Crippen LogP contribution >= 0.6 is 0 Å². The first kappa shape index (κ1) is 9.88. The van der Waals surface area contributed by atoms with Crippen molar-refractivity contribution in [3.05, 3.63) is 40.8 Å². The molecule has 1 aromatic carbocycles. The molecule has 0 amide bonds. The van der Waals surface area contributed by atoms with Crippen molar-refractivity contribution in [1.82, 2.24) is 0 Å². The summed E-state index contributed by atoms with van der Waals surface area (Å²) in [5, 5.41) is 0.180. The molecule has 6 heteroatoms. The average molecular weight is 226 g/mol. The molecule has 5 nitrogen and oxygen atoms in total. The fourth-order valence-electron chi connectivity index (χ4n) is 1.30. The highest BCUT2D eigenvalue weighted by Crippen LogP contribution is 2.20. The summed E-state index contributed by atoms with van der Waals surface area (Å²) in [5.74, 6) is 0. The molecule has 0 spiro atoms. The smallest absolute Gasteiger partial charge is 0.336 e. The zero-order valence-corrected chi connectivity index (χ0v) is 8.19. The van der Waals surface area contributed by atoms with E-state index in [-0.39, 0.29) is 15.9 Å². The van der Waals surface area contributed by atoms with Crippen LogP contribution in [0, 0.1) is 0 Å². The topological polar surface area (TPSA) is 84.6 Å². The zero-order valence-electron chi connectivity index (χ0n) is 7.38. The van der Waals surface area contributed by atoms with Gasteiger partial charge in [-0.1, -0.05) is 6.07 Å². The Morgan fingerprint density at radius 3 is 2.53 bits per heavy atom. The van der Waals surface area contributed by atoms with Crippen LogP contribution < -0.4 is 5.63 Å². The molecule has 0 aliphatic carbocycles. The second-order valence-electron chi connectivity index (χ2n) is 2.90. The Morgan fingerprint density at radius 1 is 1.13 bits per heavy atom. The number of benzene rings is 1. The van der Waals surface area contributed by atoms with Crippen LogP contribution in [0.5, 0.6) is 0 Å². The summed E-state index contributed by atoms with van der Waals surface area (Å²) in [5.41, 5.74) is -0.451. The quantitative estimate of drug-likeness (QED) is 0.580. The second-order valence-corrected chi connectivity index (χ2v) is 4.29. The summed E-state index contributed by atoms with van der Waals surface area (Å²) in [7, 11) is -4.30. The van der Waals surface area contributed by atoms with E-state index in [9.17, 15) is 13.2 Å². The van der Waals surface area contributed by atoms with Crippen molar-refractivity contribution < 1.29 is 17.4 Å². The van der Waals surface area contributed by atoms with E-state index in [1.54, 1.807) is 0 Å². The van der Waals surface area contributed by atoms with Gasteiger partial charge < -0.3 is 4.42 Å². The van der Waals surface area contributed by atoms with Crippen LogP contribution in [0.4, 0.5) is 0 Å². The highest BCUT2D eigenvalue weighted by molar-refractivity contribution is 7.86. The third kappa shape index (κ3) is 1.77. The Bertz CT molecular complexity index is 668. The van der Waals surface area contributed by atoms with E-state index in [4.69, 9.17) is 8.97 Å².